The topological polar surface area (TPSA) is 63.2 Å². The third-order valence-electron chi connectivity index (χ3n) is 2.04. The second-order valence-corrected chi connectivity index (χ2v) is 5.17. The van der Waals surface area contributed by atoms with Gasteiger partial charge in [-0.3, -0.25) is 14.5 Å². The Kier molecular flexibility index (Phi) is 3.32. The van der Waals surface area contributed by atoms with Crippen LogP contribution in [-0.2, 0) is 9.59 Å². The number of carbonyl (C=O) groups is 2. The lowest BCUT2D eigenvalue weighted by Crippen LogP contribution is -2.31. The Labute approximate surface area is 94.9 Å². The lowest BCUT2D eigenvalue weighted by Gasteiger charge is -2.11. The van der Waals surface area contributed by atoms with Crippen LogP contribution in [0.5, 0.6) is 0 Å². The highest BCUT2D eigenvalue weighted by molar-refractivity contribution is 8.01. The molecule has 1 aromatic rings. The summed E-state index contributed by atoms with van der Waals surface area (Å²) in [5, 5.41) is 7.56. The molecule has 0 radical (unpaired) electrons. The predicted molar refractivity (Wildman–Crippen MR) is 56.6 cm³/mol. The van der Waals surface area contributed by atoms with E-state index in [2.05, 4.69) is 10.2 Å². The van der Waals surface area contributed by atoms with Gasteiger partial charge < -0.3 is 0 Å². The fourth-order valence-electron chi connectivity index (χ4n) is 1.32. The van der Waals surface area contributed by atoms with Crippen LogP contribution in [0.25, 0.3) is 0 Å². The van der Waals surface area contributed by atoms with E-state index in [1.54, 1.807) is 5.51 Å². The summed E-state index contributed by atoms with van der Waals surface area (Å²) >= 11 is 2.98. The number of nitrogens with zero attached hydrogens (tertiary/aromatic N) is 3. The Bertz CT molecular complexity index is 350. The lowest BCUT2D eigenvalue weighted by atomic mass is 10.4. The minimum absolute atomic E-state index is 0.0575. The van der Waals surface area contributed by atoms with Crippen LogP contribution in [0, 0.1) is 0 Å². The maximum Gasteiger partial charge on any atom is 0.229 e. The molecule has 0 aromatic carbocycles. The van der Waals surface area contributed by atoms with Crippen molar-refractivity contribution in [2.45, 2.75) is 17.2 Å². The molecule has 2 amide bonds. The summed E-state index contributed by atoms with van der Waals surface area (Å²) in [5.74, 6) is 0.572. The van der Waals surface area contributed by atoms with E-state index in [-0.39, 0.29) is 11.8 Å². The highest BCUT2D eigenvalue weighted by Gasteiger charge is 2.28. The van der Waals surface area contributed by atoms with Gasteiger partial charge in [-0.25, -0.2) is 0 Å². The van der Waals surface area contributed by atoms with Crippen LogP contribution in [-0.4, -0.2) is 39.2 Å². The SMILES string of the molecule is O=C1CCC(=O)N1CCSc1nncs1. The molecule has 1 aliphatic heterocycles. The van der Waals surface area contributed by atoms with Crippen molar-refractivity contribution < 1.29 is 9.59 Å². The number of hydrogen-bond donors (Lipinski definition) is 0. The Hall–Kier alpha value is -0.950. The van der Waals surface area contributed by atoms with E-state index in [4.69, 9.17) is 0 Å². The molecule has 1 aliphatic rings. The molecule has 80 valence electrons. The van der Waals surface area contributed by atoms with Gasteiger partial charge in [0.15, 0.2) is 4.34 Å². The second kappa shape index (κ2) is 4.71. The average Bonchev–Trinajstić information content (AvgIpc) is 2.82. The first-order valence-corrected chi connectivity index (χ1v) is 6.36. The molecule has 7 heteroatoms. The lowest BCUT2D eigenvalue weighted by molar-refractivity contribution is -0.137. The van der Waals surface area contributed by atoms with E-state index in [1.807, 2.05) is 0 Å². The molecule has 1 saturated heterocycles. The number of likely N-dealkylation sites (tertiary alicyclic amines) is 1. The first-order chi connectivity index (χ1) is 7.27. The van der Waals surface area contributed by atoms with Crippen molar-refractivity contribution in [2.24, 2.45) is 0 Å². The summed E-state index contributed by atoms with van der Waals surface area (Å²) in [5.41, 5.74) is 1.66. The second-order valence-electron chi connectivity index (χ2n) is 2.99. The number of rotatable bonds is 4. The fourth-order valence-corrected chi connectivity index (χ4v) is 2.81. The fraction of sp³-hybridized carbons (Fsp3) is 0.500. The molecule has 5 nitrogen and oxygen atoms in total. The number of amides is 2. The van der Waals surface area contributed by atoms with Gasteiger partial charge in [-0.15, -0.1) is 10.2 Å². The molecule has 1 fully saturated rings. The monoisotopic (exact) mass is 243 g/mol. The minimum atomic E-state index is -0.0575. The molecular formula is C8H9N3O2S2. The van der Waals surface area contributed by atoms with Crippen molar-refractivity contribution >= 4 is 34.9 Å². The molecule has 0 atom stereocenters. The highest BCUT2D eigenvalue weighted by Crippen LogP contribution is 2.20. The Balaban J connectivity index is 1.78. The number of hydrogen-bond acceptors (Lipinski definition) is 6. The van der Waals surface area contributed by atoms with E-state index in [0.29, 0.717) is 25.1 Å². The Morgan fingerprint density at radius 2 is 2.13 bits per heavy atom. The Morgan fingerprint density at radius 1 is 1.40 bits per heavy atom. The van der Waals surface area contributed by atoms with Gasteiger partial charge in [-0.1, -0.05) is 23.1 Å². The zero-order valence-electron chi connectivity index (χ0n) is 7.88. The molecule has 0 saturated carbocycles. The van der Waals surface area contributed by atoms with Crippen molar-refractivity contribution in [2.75, 3.05) is 12.3 Å². The zero-order valence-corrected chi connectivity index (χ0v) is 9.51. The third kappa shape index (κ3) is 2.54. The first kappa shape index (κ1) is 10.6. The molecular weight excluding hydrogens is 234 g/mol. The predicted octanol–water partition coefficient (Wildman–Crippen LogP) is 0.779. The number of aromatic nitrogens is 2. The van der Waals surface area contributed by atoms with Crippen molar-refractivity contribution in [1.82, 2.24) is 15.1 Å². The average molecular weight is 243 g/mol. The van der Waals surface area contributed by atoms with Gasteiger partial charge in [-0.05, 0) is 0 Å². The van der Waals surface area contributed by atoms with E-state index >= 15 is 0 Å². The molecule has 0 N–H and O–H groups in total. The summed E-state index contributed by atoms with van der Waals surface area (Å²) in [7, 11) is 0. The summed E-state index contributed by atoms with van der Waals surface area (Å²) in [4.78, 5) is 23.8. The quantitative estimate of drug-likeness (QED) is 0.577. The van der Waals surface area contributed by atoms with Crippen LogP contribution in [0.4, 0.5) is 0 Å². The molecule has 0 aliphatic carbocycles. The molecule has 0 unspecified atom stereocenters. The molecule has 2 heterocycles. The molecule has 1 aromatic heterocycles. The van der Waals surface area contributed by atoms with E-state index < -0.39 is 0 Å². The van der Waals surface area contributed by atoms with Crippen molar-refractivity contribution in [3.8, 4) is 0 Å². The maximum absolute atomic E-state index is 11.2. The summed E-state index contributed by atoms with van der Waals surface area (Å²) < 4.78 is 0.870. The van der Waals surface area contributed by atoms with Gasteiger partial charge in [0.1, 0.15) is 5.51 Å². The van der Waals surface area contributed by atoms with E-state index in [1.165, 1.54) is 28.0 Å². The number of carbonyl (C=O) groups excluding carboxylic acids is 2. The van der Waals surface area contributed by atoms with Gasteiger partial charge in [0, 0.05) is 25.1 Å². The smallest absolute Gasteiger partial charge is 0.229 e. The minimum Gasteiger partial charge on any atom is -0.282 e. The van der Waals surface area contributed by atoms with E-state index in [0.717, 1.165) is 4.34 Å². The van der Waals surface area contributed by atoms with Crippen LogP contribution in [0.1, 0.15) is 12.8 Å². The van der Waals surface area contributed by atoms with Crippen LogP contribution in [0.2, 0.25) is 0 Å². The third-order valence-corrected chi connectivity index (χ3v) is 3.88. The summed E-state index contributed by atoms with van der Waals surface area (Å²) in [6.45, 7) is 0.474. The van der Waals surface area contributed by atoms with Crippen molar-refractivity contribution in [1.29, 1.82) is 0 Å². The van der Waals surface area contributed by atoms with Gasteiger partial charge in [0.05, 0.1) is 0 Å². The molecule has 0 spiro atoms. The normalized spacial score (nSPS) is 16.4. The standard InChI is InChI=1S/C8H9N3O2S2/c12-6-1-2-7(13)11(6)3-4-14-8-10-9-5-15-8/h5H,1-4H2. The van der Waals surface area contributed by atoms with Crippen LogP contribution in [0.15, 0.2) is 9.85 Å². The first-order valence-electron chi connectivity index (χ1n) is 4.49. The molecule has 15 heavy (non-hydrogen) atoms. The maximum atomic E-state index is 11.2. The van der Waals surface area contributed by atoms with Crippen molar-refractivity contribution in [3.63, 3.8) is 0 Å². The zero-order chi connectivity index (χ0) is 10.7. The van der Waals surface area contributed by atoms with Gasteiger partial charge >= 0.3 is 0 Å². The van der Waals surface area contributed by atoms with Crippen LogP contribution in [0.3, 0.4) is 0 Å². The van der Waals surface area contributed by atoms with Gasteiger partial charge in [-0.2, -0.15) is 0 Å². The van der Waals surface area contributed by atoms with Gasteiger partial charge in [0.2, 0.25) is 11.8 Å². The van der Waals surface area contributed by atoms with Crippen LogP contribution >= 0.6 is 23.1 Å². The van der Waals surface area contributed by atoms with Crippen molar-refractivity contribution in [3.05, 3.63) is 5.51 Å². The number of thioether (sulfide) groups is 1. The summed E-state index contributed by atoms with van der Waals surface area (Å²) in [6.07, 6.45) is 0.727. The van der Waals surface area contributed by atoms with Gasteiger partial charge in [0.25, 0.3) is 0 Å². The highest BCUT2D eigenvalue weighted by atomic mass is 32.2. The number of imide groups is 1. The van der Waals surface area contributed by atoms with Crippen LogP contribution < -0.4 is 0 Å². The molecule has 0 bridgehead atoms. The Morgan fingerprint density at radius 3 is 2.73 bits per heavy atom. The van der Waals surface area contributed by atoms with E-state index in [9.17, 15) is 9.59 Å². The largest absolute Gasteiger partial charge is 0.282 e. The summed E-state index contributed by atoms with van der Waals surface area (Å²) in [6, 6.07) is 0. The molecule has 2 rings (SSSR count).